The van der Waals surface area contributed by atoms with E-state index in [1.165, 1.54) is 0 Å². The number of hydrogen-bond donors (Lipinski definition) is 1. The molecule has 0 aliphatic carbocycles. The zero-order valence-electron chi connectivity index (χ0n) is 11.0. The van der Waals surface area contributed by atoms with Crippen molar-refractivity contribution in [1.29, 1.82) is 0 Å². The molecule has 0 bridgehead atoms. The summed E-state index contributed by atoms with van der Waals surface area (Å²) in [6.45, 7) is 1.96. The van der Waals surface area contributed by atoms with Crippen molar-refractivity contribution < 1.29 is 4.74 Å². The summed E-state index contributed by atoms with van der Waals surface area (Å²) in [7, 11) is 5.36. The van der Waals surface area contributed by atoms with Crippen LogP contribution >= 0.6 is 0 Å². The van der Waals surface area contributed by atoms with Crippen LogP contribution in [-0.2, 0) is 7.05 Å². The Morgan fingerprint density at radius 2 is 1.94 bits per heavy atom. The van der Waals surface area contributed by atoms with E-state index in [0.717, 1.165) is 17.0 Å². The summed E-state index contributed by atoms with van der Waals surface area (Å²) < 4.78 is 7.08. The Hall–Kier alpha value is -1.95. The molecule has 0 spiro atoms. The fourth-order valence-electron chi connectivity index (χ4n) is 1.85. The zero-order valence-corrected chi connectivity index (χ0v) is 11.0. The van der Waals surface area contributed by atoms with Crippen molar-refractivity contribution in [3.8, 4) is 5.75 Å². The first kappa shape index (κ1) is 12.5. The summed E-state index contributed by atoms with van der Waals surface area (Å²) in [5.41, 5.74) is 1.94. The van der Waals surface area contributed by atoms with Gasteiger partial charge in [0.2, 0.25) is 0 Å². The zero-order chi connectivity index (χ0) is 13.1. The first-order valence-corrected chi connectivity index (χ1v) is 5.69. The Bertz CT molecular complexity index is 520. The maximum Gasteiger partial charge on any atom is 0.162 e. The van der Waals surface area contributed by atoms with Gasteiger partial charge in [-0.15, -0.1) is 0 Å². The number of nitrogens with one attached hydrogen (secondary N) is 1. The maximum atomic E-state index is 5.32. The molecular formula is C12H17N5O. The summed E-state index contributed by atoms with van der Waals surface area (Å²) in [4.78, 5) is 8.70. The second-order valence-electron chi connectivity index (χ2n) is 4.06. The van der Waals surface area contributed by atoms with Gasteiger partial charge >= 0.3 is 0 Å². The van der Waals surface area contributed by atoms with Crippen molar-refractivity contribution in [3.05, 3.63) is 35.7 Å². The van der Waals surface area contributed by atoms with Crippen molar-refractivity contribution in [1.82, 2.24) is 25.1 Å². The summed E-state index contributed by atoms with van der Waals surface area (Å²) in [5.74, 6) is 1.42. The summed E-state index contributed by atoms with van der Waals surface area (Å²) >= 11 is 0. The lowest BCUT2D eigenvalue weighted by Crippen LogP contribution is -2.23. The first-order chi connectivity index (χ1) is 8.67. The Morgan fingerprint density at radius 3 is 2.50 bits per heavy atom. The van der Waals surface area contributed by atoms with Gasteiger partial charge in [-0.3, -0.25) is 4.68 Å². The van der Waals surface area contributed by atoms with Crippen molar-refractivity contribution in [2.45, 2.75) is 13.0 Å². The number of hydrogen-bond acceptors (Lipinski definition) is 5. The van der Waals surface area contributed by atoms with Gasteiger partial charge in [0.1, 0.15) is 11.7 Å². The Labute approximate surface area is 106 Å². The molecule has 6 heteroatoms. The molecule has 2 aromatic heterocycles. The summed E-state index contributed by atoms with van der Waals surface area (Å²) in [6.07, 6.45) is 5.29. The van der Waals surface area contributed by atoms with E-state index < -0.39 is 0 Å². The summed E-state index contributed by atoms with van der Waals surface area (Å²) in [5, 5.41) is 7.39. The molecule has 0 aromatic carbocycles. The highest BCUT2D eigenvalue weighted by atomic mass is 16.5. The van der Waals surface area contributed by atoms with Crippen LogP contribution in [0.3, 0.4) is 0 Å². The van der Waals surface area contributed by atoms with Crippen LogP contribution in [0.25, 0.3) is 0 Å². The molecule has 0 amide bonds. The number of rotatable bonds is 4. The standard InChI is InChI=1S/C12H17N5O/c1-8-5-14-12(15-6-8)10(13-2)11-9(18-4)7-16-17(11)3/h5-7,10,13H,1-4H3. The van der Waals surface area contributed by atoms with Gasteiger partial charge in [-0.2, -0.15) is 5.10 Å². The van der Waals surface area contributed by atoms with Gasteiger partial charge in [-0.05, 0) is 19.5 Å². The lowest BCUT2D eigenvalue weighted by molar-refractivity contribution is 0.401. The molecule has 1 unspecified atom stereocenters. The number of methoxy groups -OCH3 is 1. The van der Waals surface area contributed by atoms with E-state index in [9.17, 15) is 0 Å². The van der Waals surface area contributed by atoms with Gasteiger partial charge < -0.3 is 10.1 Å². The molecule has 2 heterocycles. The number of aromatic nitrogens is 4. The van der Waals surface area contributed by atoms with Gasteiger partial charge in [-0.25, -0.2) is 9.97 Å². The number of nitrogens with zero attached hydrogens (tertiary/aromatic N) is 4. The van der Waals surface area contributed by atoms with Crippen molar-refractivity contribution in [3.63, 3.8) is 0 Å². The van der Waals surface area contributed by atoms with Crippen molar-refractivity contribution in [2.75, 3.05) is 14.2 Å². The van der Waals surface area contributed by atoms with Gasteiger partial charge in [0.25, 0.3) is 0 Å². The van der Waals surface area contributed by atoms with Crippen LogP contribution in [0.2, 0.25) is 0 Å². The second-order valence-corrected chi connectivity index (χ2v) is 4.06. The molecule has 2 rings (SSSR count). The Balaban J connectivity index is 2.44. The van der Waals surface area contributed by atoms with E-state index >= 15 is 0 Å². The molecule has 0 aliphatic rings. The molecule has 18 heavy (non-hydrogen) atoms. The third kappa shape index (κ3) is 2.19. The van der Waals surface area contributed by atoms with E-state index in [2.05, 4.69) is 20.4 Å². The Kier molecular flexibility index (Phi) is 3.57. The van der Waals surface area contributed by atoms with Gasteiger partial charge in [-0.1, -0.05) is 0 Å². The highest BCUT2D eigenvalue weighted by molar-refractivity contribution is 5.32. The van der Waals surface area contributed by atoms with E-state index in [4.69, 9.17) is 4.74 Å². The van der Waals surface area contributed by atoms with E-state index in [0.29, 0.717) is 5.82 Å². The average molecular weight is 247 g/mol. The fraction of sp³-hybridized carbons (Fsp3) is 0.417. The molecule has 0 fully saturated rings. The predicted octanol–water partition coefficient (Wildman–Crippen LogP) is 0.836. The molecule has 0 saturated carbocycles. The molecule has 0 aliphatic heterocycles. The van der Waals surface area contributed by atoms with Gasteiger partial charge in [0.15, 0.2) is 11.6 Å². The SMILES string of the molecule is CNC(c1ncc(C)cn1)c1c(OC)cnn1C. The van der Waals surface area contributed by atoms with Crippen LogP contribution in [0, 0.1) is 6.92 Å². The molecule has 0 radical (unpaired) electrons. The van der Waals surface area contributed by atoms with Gasteiger partial charge in [0.05, 0.1) is 13.3 Å². The van der Waals surface area contributed by atoms with Crippen LogP contribution < -0.4 is 10.1 Å². The van der Waals surface area contributed by atoms with Crippen LogP contribution in [0.15, 0.2) is 18.6 Å². The van der Waals surface area contributed by atoms with Crippen molar-refractivity contribution >= 4 is 0 Å². The number of aryl methyl sites for hydroxylation is 2. The van der Waals surface area contributed by atoms with Crippen LogP contribution in [0.5, 0.6) is 5.75 Å². The minimum Gasteiger partial charge on any atom is -0.493 e. The molecule has 1 N–H and O–H groups in total. The lowest BCUT2D eigenvalue weighted by atomic mass is 10.1. The molecule has 6 nitrogen and oxygen atoms in total. The topological polar surface area (TPSA) is 64.9 Å². The normalized spacial score (nSPS) is 12.4. The highest BCUT2D eigenvalue weighted by Gasteiger charge is 2.23. The second kappa shape index (κ2) is 5.14. The van der Waals surface area contributed by atoms with E-state index in [1.54, 1.807) is 30.4 Å². The quantitative estimate of drug-likeness (QED) is 0.867. The maximum absolute atomic E-state index is 5.32. The molecule has 1 atom stereocenters. The molecule has 0 saturated heterocycles. The van der Waals surface area contributed by atoms with Crippen molar-refractivity contribution in [2.24, 2.45) is 7.05 Å². The molecule has 2 aromatic rings. The Morgan fingerprint density at radius 1 is 1.28 bits per heavy atom. The van der Waals surface area contributed by atoms with E-state index in [-0.39, 0.29) is 6.04 Å². The van der Waals surface area contributed by atoms with Crippen LogP contribution in [0.1, 0.15) is 23.1 Å². The molecule has 96 valence electrons. The third-order valence-electron chi connectivity index (χ3n) is 2.79. The summed E-state index contributed by atoms with van der Waals surface area (Å²) in [6, 6.07) is -0.145. The third-order valence-corrected chi connectivity index (χ3v) is 2.79. The minimum absolute atomic E-state index is 0.145. The number of ether oxygens (including phenoxy) is 1. The minimum atomic E-state index is -0.145. The highest BCUT2D eigenvalue weighted by Crippen LogP contribution is 2.27. The lowest BCUT2D eigenvalue weighted by Gasteiger charge is -2.16. The van der Waals surface area contributed by atoms with Crippen LogP contribution in [0.4, 0.5) is 0 Å². The molecular weight excluding hydrogens is 230 g/mol. The average Bonchev–Trinajstić information content (AvgIpc) is 2.74. The van der Waals surface area contributed by atoms with Gasteiger partial charge in [0, 0.05) is 19.4 Å². The monoisotopic (exact) mass is 247 g/mol. The largest absolute Gasteiger partial charge is 0.493 e. The van der Waals surface area contributed by atoms with E-state index in [1.807, 2.05) is 21.0 Å². The fourth-order valence-corrected chi connectivity index (χ4v) is 1.85. The van der Waals surface area contributed by atoms with Crippen LogP contribution in [-0.4, -0.2) is 33.9 Å². The predicted molar refractivity (Wildman–Crippen MR) is 67.4 cm³/mol. The first-order valence-electron chi connectivity index (χ1n) is 5.69. The smallest absolute Gasteiger partial charge is 0.162 e.